The highest BCUT2D eigenvalue weighted by Gasteiger charge is 2.42. The van der Waals surface area contributed by atoms with E-state index < -0.39 is 6.04 Å². The lowest BCUT2D eigenvalue weighted by molar-refractivity contribution is -0.130. The van der Waals surface area contributed by atoms with Gasteiger partial charge in [-0.3, -0.25) is 14.5 Å². The number of thiocarbonyl (C=S) groups is 1. The number of hydrogen-bond donors (Lipinski definition) is 1. The van der Waals surface area contributed by atoms with Gasteiger partial charge in [0.2, 0.25) is 5.91 Å². The minimum absolute atomic E-state index is 0.0486. The molecule has 0 spiro atoms. The van der Waals surface area contributed by atoms with E-state index in [-0.39, 0.29) is 18.2 Å². The van der Waals surface area contributed by atoms with Gasteiger partial charge >= 0.3 is 0 Å². The van der Waals surface area contributed by atoms with Crippen molar-refractivity contribution in [3.05, 3.63) is 71.8 Å². The number of benzene rings is 3. The number of ether oxygens (including phenoxy) is 5. The fourth-order valence-corrected chi connectivity index (χ4v) is 5.77. The van der Waals surface area contributed by atoms with Crippen molar-refractivity contribution >= 4 is 34.8 Å². The molecule has 0 unspecified atom stereocenters. The Morgan fingerprint density at radius 1 is 0.787 bits per heavy atom. The van der Waals surface area contributed by atoms with E-state index in [1.807, 2.05) is 74.2 Å². The number of carbonyl (C=O) groups is 2. The molecule has 252 valence electrons. The standard InChI is InChI=1S/C36H45N3O7S/c1-6-21-46-28-13-11-27(12-14-28)37-34(40)24-29-35(41)39(20-18-26-10-16-31(44-7-2)33(23-26)45-8-3)36(47)38(29)19-17-25-9-15-30(42-4)32(22-25)43-5/h9-16,22-23,29H,6-8,17-21,24H2,1-5H3,(H,37,40)/t29-/m1/s1. The number of amides is 2. The van der Waals surface area contributed by atoms with Crippen molar-refractivity contribution in [3.8, 4) is 28.7 Å². The van der Waals surface area contributed by atoms with E-state index in [0.29, 0.717) is 79.5 Å². The minimum Gasteiger partial charge on any atom is -0.494 e. The van der Waals surface area contributed by atoms with Crippen LogP contribution in [0.3, 0.4) is 0 Å². The molecule has 2 amide bonds. The van der Waals surface area contributed by atoms with Gasteiger partial charge in [-0.05, 0) is 105 Å². The molecular formula is C36H45N3O7S. The number of nitrogens with one attached hydrogen (secondary N) is 1. The van der Waals surface area contributed by atoms with E-state index in [1.54, 1.807) is 31.3 Å². The van der Waals surface area contributed by atoms with Crippen LogP contribution in [0.5, 0.6) is 28.7 Å². The summed E-state index contributed by atoms with van der Waals surface area (Å²) in [6, 6.07) is 18.0. The first-order valence-electron chi connectivity index (χ1n) is 16.1. The molecule has 47 heavy (non-hydrogen) atoms. The first kappa shape index (κ1) is 35.3. The number of carbonyl (C=O) groups excluding carboxylic acids is 2. The summed E-state index contributed by atoms with van der Waals surface area (Å²) in [5.41, 5.74) is 2.60. The summed E-state index contributed by atoms with van der Waals surface area (Å²) < 4.78 is 28.0. The topological polar surface area (TPSA) is 98.8 Å². The molecule has 0 radical (unpaired) electrons. The monoisotopic (exact) mass is 663 g/mol. The van der Waals surface area contributed by atoms with Crippen LogP contribution in [0.4, 0.5) is 5.69 Å². The normalized spacial score (nSPS) is 14.3. The first-order chi connectivity index (χ1) is 22.8. The van der Waals surface area contributed by atoms with Gasteiger partial charge < -0.3 is 33.9 Å². The molecule has 4 rings (SSSR count). The molecule has 1 aliphatic heterocycles. The van der Waals surface area contributed by atoms with Gasteiger partial charge in [0.05, 0.1) is 40.5 Å². The zero-order valence-corrected chi connectivity index (χ0v) is 28.7. The van der Waals surface area contributed by atoms with Gasteiger partial charge in [-0.15, -0.1) is 0 Å². The molecule has 1 heterocycles. The van der Waals surface area contributed by atoms with Crippen molar-refractivity contribution in [2.45, 2.75) is 52.5 Å². The van der Waals surface area contributed by atoms with Gasteiger partial charge in [0.1, 0.15) is 11.8 Å². The minimum atomic E-state index is -0.742. The van der Waals surface area contributed by atoms with Crippen molar-refractivity contribution in [2.75, 3.05) is 52.4 Å². The maximum atomic E-state index is 13.9. The fraction of sp³-hybridized carbons (Fsp3) is 0.417. The average Bonchev–Trinajstić information content (AvgIpc) is 3.30. The number of hydrogen-bond acceptors (Lipinski definition) is 8. The summed E-state index contributed by atoms with van der Waals surface area (Å²) in [7, 11) is 3.19. The molecule has 11 heteroatoms. The molecule has 1 saturated heterocycles. The molecule has 0 saturated carbocycles. The second-order valence-corrected chi connectivity index (χ2v) is 11.3. The van der Waals surface area contributed by atoms with E-state index in [4.69, 9.17) is 35.9 Å². The Kier molecular flexibility index (Phi) is 13.1. The van der Waals surface area contributed by atoms with Crippen molar-refractivity contribution < 1.29 is 33.3 Å². The summed E-state index contributed by atoms with van der Waals surface area (Å²) in [5, 5.41) is 3.33. The van der Waals surface area contributed by atoms with Gasteiger partial charge in [-0.2, -0.15) is 0 Å². The quantitative estimate of drug-likeness (QED) is 0.167. The Morgan fingerprint density at radius 2 is 1.40 bits per heavy atom. The van der Waals surface area contributed by atoms with E-state index >= 15 is 0 Å². The number of methoxy groups -OCH3 is 2. The van der Waals surface area contributed by atoms with Gasteiger partial charge in [0.15, 0.2) is 28.1 Å². The van der Waals surface area contributed by atoms with Crippen LogP contribution in [0.25, 0.3) is 0 Å². The van der Waals surface area contributed by atoms with Crippen LogP contribution < -0.4 is 29.0 Å². The molecule has 10 nitrogen and oxygen atoms in total. The molecule has 1 aliphatic rings. The van der Waals surface area contributed by atoms with E-state index in [9.17, 15) is 9.59 Å². The van der Waals surface area contributed by atoms with Crippen molar-refractivity contribution in [1.82, 2.24) is 9.80 Å². The maximum Gasteiger partial charge on any atom is 0.252 e. The lowest BCUT2D eigenvalue weighted by Gasteiger charge is -2.24. The average molecular weight is 664 g/mol. The Balaban J connectivity index is 1.50. The second kappa shape index (κ2) is 17.4. The molecule has 0 aromatic heterocycles. The van der Waals surface area contributed by atoms with Crippen LogP contribution in [0.2, 0.25) is 0 Å². The second-order valence-electron chi connectivity index (χ2n) is 10.9. The molecule has 3 aromatic rings. The van der Waals surface area contributed by atoms with E-state index in [0.717, 1.165) is 23.3 Å². The van der Waals surface area contributed by atoms with E-state index in [2.05, 4.69) is 5.32 Å². The lowest BCUT2D eigenvalue weighted by atomic mass is 10.1. The number of rotatable bonds is 18. The molecular weight excluding hydrogens is 618 g/mol. The summed E-state index contributed by atoms with van der Waals surface area (Å²) in [5.74, 6) is 2.86. The van der Waals surface area contributed by atoms with E-state index in [1.165, 1.54) is 0 Å². The van der Waals surface area contributed by atoms with Gasteiger partial charge in [0, 0.05) is 18.8 Å². The van der Waals surface area contributed by atoms with Crippen molar-refractivity contribution in [2.24, 2.45) is 0 Å². The first-order valence-corrected chi connectivity index (χ1v) is 16.5. The third kappa shape index (κ3) is 9.28. The fourth-order valence-electron chi connectivity index (χ4n) is 5.37. The number of anilines is 1. The predicted octanol–water partition coefficient (Wildman–Crippen LogP) is 5.90. The summed E-state index contributed by atoms with van der Waals surface area (Å²) in [4.78, 5) is 30.7. The summed E-state index contributed by atoms with van der Waals surface area (Å²) in [6.45, 7) is 8.36. The predicted molar refractivity (Wildman–Crippen MR) is 186 cm³/mol. The molecule has 0 aliphatic carbocycles. The zero-order chi connectivity index (χ0) is 33.8. The highest BCUT2D eigenvalue weighted by atomic mass is 32.1. The number of nitrogens with zero attached hydrogens (tertiary/aromatic N) is 2. The highest BCUT2D eigenvalue weighted by molar-refractivity contribution is 7.80. The van der Waals surface area contributed by atoms with Crippen LogP contribution in [-0.2, 0) is 22.4 Å². The van der Waals surface area contributed by atoms with Crippen molar-refractivity contribution in [1.29, 1.82) is 0 Å². The molecule has 1 fully saturated rings. The summed E-state index contributed by atoms with van der Waals surface area (Å²) in [6.07, 6.45) is 1.99. The van der Waals surface area contributed by atoms with Gasteiger partial charge in [0.25, 0.3) is 5.91 Å². The van der Waals surface area contributed by atoms with Gasteiger partial charge in [-0.25, -0.2) is 0 Å². The Bertz CT molecular complexity index is 1510. The Morgan fingerprint density at radius 3 is 2.04 bits per heavy atom. The zero-order valence-electron chi connectivity index (χ0n) is 27.9. The third-order valence-corrected chi connectivity index (χ3v) is 8.17. The lowest BCUT2D eigenvalue weighted by Crippen LogP contribution is -2.39. The Labute approximate surface area is 282 Å². The smallest absolute Gasteiger partial charge is 0.252 e. The summed E-state index contributed by atoms with van der Waals surface area (Å²) >= 11 is 5.89. The Hall–Kier alpha value is -4.51. The van der Waals surface area contributed by atoms with Crippen LogP contribution in [0.15, 0.2) is 60.7 Å². The molecule has 3 aromatic carbocycles. The largest absolute Gasteiger partial charge is 0.494 e. The molecule has 0 bridgehead atoms. The maximum absolute atomic E-state index is 13.9. The SMILES string of the molecule is CCCOc1ccc(NC(=O)C[C@@H]2C(=O)N(CCc3ccc(OCC)c(OCC)c3)C(=S)N2CCc2ccc(OC)c(OC)c2)cc1. The van der Waals surface area contributed by atoms with Crippen LogP contribution >= 0.6 is 12.2 Å². The van der Waals surface area contributed by atoms with Crippen LogP contribution in [0, 0.1) is 0 Å². The van der Waals surface area contributed by atoms with Crippen molar-refractivity contribution in [3.63, 3.8) is 0 Å². The highest BCUT2D eigenvalue weighted by Crippen LogP contribution is 2.31. The molecule has 1 atom stereocenters. The third-order valence-electron chi connectivity index (χ3n) is 7.71. The van der Waals surface area contributed by atoms with Crippen LogP contribution in [0.1, 0.15) is 44.7 Å². The molecule has 1 N–H and O–H groups in total. The van der Waals surface area contributed by atoms with Crippen LogP contribution in [-0.4, -0.2) is 79.9 Å². The van der Waals surface area contributed by atoms with Gasteiger partial charge in [-0.1, -0.05) is 19.1 Å².